The van der Waals surface area contributed by atoms with E-state index < -0.39 is 11.6 Å². The van der Waals surface area contributed by atoms with Gasteiger partial charge in [-0.2, -0.15) is 9.97 Å². The van der Waals surface area contributed by atoms with E-state index in [1.165, 1.54) is 11.3 Å². The predicted molar refractivity (Wildman–Crippen MR) is 135 cm³/mol. The SMILES string of the molecule is CCOC(=O)c1sc(Nc2nc(N3CCC(O)CC3)cc(N3CCC(O)(c4nnn[nH]4)CC3)n2)nc1C. The average Bonchev–Trinajstić information content (AvgIpc) is 3.56. The van der Waals surface area contributed by atoms with E-state index in [1.807, 2.05) is 6.07 Å². The zero-order chi connectivity index (χ0) is 26.0. The first-order valence-corrected chi connectivity index (χ1v) is 13.1. The van der Waals surface area contributed by atoms with Gasteiger partial charge in [-0.3, -0.25) is 5.32 Å². The van der Waals surface area contributed by atoms with Crippen LogP contribution in [0, 0.1) is 6.92 Å². The van der Waals surface area contributed by atoms with E-state index >= 15 is 0 Å². The molecule has 0 radical (unpaired) electrons. The van der Waals surface area contributed by atoms with Crippen molar-refractivity contribution in [3.63, 3.8) is 0 Å². The van der Waals surface area contributed by atoms with Crippen LogP contribution in [0.5, 0.6) is 0 Å². The molecule has 4 N–H and O–H groups in total. The summed E-state index contributed by atoms with van der Waals surface area (Å²) in [6.45, 7) is 6.24. The minimum absolute atomic E-state index is 0.288. The first kappa shape index (κ1) is 25.2. The number of thiazole rings is 1. The van der Waals surface area contributed by atoms with Gasteiger partial charge in [-0.25, -0.2) is 14.9 Å². The maximum atomic E-state index is 12.2. The van der Waals surface area contributed by atoms with Crippen LogP contribution < -0.4 is 15.1 Å². The van der Waals surface area contributed by atoms with Crippen LogP contribution in [-0.4, -0.2) is 90.6 Å². The molecule has 0 atom stereocenters. The van der Waals surface area contributed by atoms with Gasteiger partial charge in [-0.1, -0.05) is 11.3 Å². The second kappa shape index (κ2) is 10.5. The lowest BCUT2D eigenvalue weighted by Gasteiger charge is -2.37. The summed E-state index contributed by atoms with van der Waals surface area (Å²) in [6.07, 6.45) is 1.88. The lowest BCUT2D eigenvalue weighted by Crippen LogP contribution is -2.44. The Labute approximate surface area is 217 Å². The van der Waals surface area contributed by atoms with Crippen molar-refractivity contribution in [1.29, 1.82) is 0 Å². The Kier molecular flexibility index (Phi) is 7.17. The van der Waals surface area contributed by atoms with Gasteiger partial charge in [0.2, 0.25) is 5.95 Å². The van der Waals surface area contributed by atoms with Crippen LogP contribution in [0.1, 0.15) is 53.8 Å². The summed E-state index contributed by atoms with van der Waals surface area (Å²) in [4.78, 5) is 30.8. The molecule has 2 saturated heterocycles. The second-order valence-corrected chi connectivity index (χ2v) is 10.2. The maximum Gasteiger partial charge on any atom is 0.350 e. The standard InChI is InChI=1S/C22H30N10O4S/c1-3-36-18(34)17-13(2)23-21(37-17)26-20-24-15(31-8-4-14(33)5-9-31)12-16(25-20)32-10-6-22(35,7-11-32)19-27-29-30-28-19/h12,14,33,35H,3-11H2,1-2H3,(H,23,24,25,26)(H,27,28,29,30). The Morgan fingerprint density at radius 3 is 2.49 bits per heavy atom. The van der Waals surface area contributed by atoms with Crippen molar-refractivity contribution in [3.05, 3.63) is 22.5 Å². The number of esters is 1. The molecule has 2 aliphatic rings. The van der Waals surface area contributed by atoms with Crippen LogP contribution in [0.2, 0.25) is 0 Å². The summed E-state index contributed by atoms with van der Waals surface area (Å²) >= 11 is 1.19. The molecule has 3 aromatic rings. The molecule has 5 heterocycles. The van der Waals surface area contributed by atoms with E-state index in [-0.39, 0.29) is 12.7 Å². The number of carbonyl (C=O) groups excluding carboxylic acids is 1. The number of aromatic nitrogens is 7. The first-order valence-electron chi connectivity index (χ1n) is 12.3. The molecule has 198 valence electrons. The number of aromatic amines is 1. The number of hydrogen-bond donors (Lipinski definition) is 4. The number of aliphatic hydroxyl groups is 2. The Balaban J connectivity index is 1.40. The third-order valence-corrected chi connectivity index (χ3v) is 7.72. The number of hydrogen-bond acceptors (Lipinski definition) is 14. The highest BCUT2D eigenvalue weighted by Crippen LogP contribution is 2.34. The molecule has 5 rings (SSSR count). The zero-order valence-corrected chi connectivity index (χ0v) is 21.5. The molecular weight excluding hydrogens is 500 g/mol. The lowest BCUT2D eigenvalue weighted by atomic mass is 9.91. The number of nitrogens with one attached hydrogen (secondary N) is 2. The molecule has 2 fully saturated rings. The van der Waals surface area contributed by atoms with Crippen LogP contribution in [0.3, 0.4) is 0 Å². The van der Waals surface area contributed by atoms with E-state index in [1.54, 1.807) is 13.8 Å². The van der Waals surface area contributed by atoms with Gasteiger partial charge < -0.3 is 24.7 Å². The van der Waals surface area contributed by atoms with E-state index in [2.05, 4.69) is 40.7 Å². The Morgan fingerprint density at radius 2 is 1.86 bits per heavy atom. The van der Waals surface area contributed by atoms with Gasteiger partial charge in [0.15, 0.2) is 11.0 Å². The van der Waals surface area contributed by atoms with E-state index in [0.29, 0.717) is 85.2 Å². The monoisotopic (exact) mass is 530 g/mol. The minimum Gasteiger partial charge on any atom is -0.462 e. The van der Waals surface area contributed by atoms with Gasteiger partial charge in [0.05, 0.1) is 18.4 Å². The number of ether oxygens (including phenoxy) is 1. The van der Waals surface area contributed by atoms with E-state index in [0.717, 1.165) is 5.82 Å². The molecule has 0 bridgehead atoms. The largest absolute Gasteiger partial charge is 0.462 e. The summed E-state index contributed by atoms with van der Waals surface area (Å²) < 4.78 is 5.13. The molecular formula is C22H30N10O4S. The Morgan fingerprint density at radius 1 is 1.19 bits per heavy atom. The van der Waals surface area contributed by atoms with E-state index in [4.69, 9.17) is 14.7 Å². The third-order valence-electron chi connectivity index (χ3n) is 6.66. The molecule has 0 unspecified atom stereocenters. The normalized spacial score (nSPS) is 18.2. The Hall–Kier alpha value is -3.43. The highest BCUT2D eigenvalue weighted by Gasteiger charge is 2.38. The van der Waals surface area contributed by atoms with Crippen molar-refractivity contribution < 1.29 is 19.7 Å². The van der Waals surface area contributed by atoms with Gasteiger partial charge in [0.1, 0.15) is 22.1 Å². The van der Waals surface area contributed by atoms with Crippen LogP contribution in [0.4, 0.5) is 22.7 Å². The molecule has 0 amide bonds. The quantitative estimate of drug-likeness (QED) is 0.320. The second-order valence-electron chi connectivity index (χ2n) is 9.17. The van der Waals surface area contributed by atoms with Crippen molar-refractivity contribution in [3.8, 4) is 0 Å². The van der Waals surface area contributed by atoms with Gasteiger partial charge in [0, 0.05) is 45.1 Å². The minimum atomic E-state index is -1.12. The number of aliphatic hydroxyl groups excluding tert-OH is 1. The fourth-order valence-corrected chi connectivity index (χ4v) is 5.38. The summed E-state index contributed by atoms with van der Waals surface area (Å²) in [6, 6.07) is 1.93. The molecule has 3 aromatic heterocycles. The number of carbonyl (C=O) groups is 1. The zero-order valence-electron chi connectivity index (χ0n) is 20.7. The first-order chi connectivity index (χ1) is 17.8. The highest BCUT2D eigenvalue weighted by atomic mass is 32.1. The van der Waals surface area contributed by atoms with Crippen LogP contribution >= 0.6 is 11.3 Å². The lowest BCUT2D eigenvalue weighted by molar-refractivity contribution is 0.00307. The summed E-state index contributed by atoms with van der Waals surface area (Å²) in [5.41, 5.74) is -0.549. The number of H-pyrrole nitrogens is 1. The van der Waals surface area contributed by atoms with Gasteiger partial charge >= 0.3 is 5.97 Å². The molecule has 14 nitrogen and oxygen atoms in total. The van der Waals surface area contributed by atoms with E-state index in [9.17, 15) is 15.0 Å². The van der Waals surface area contributed by atoms with Crippen LogP contribution in [0.25, 0.3) is 0 Å². The topological polar surface area (TPSA) is 178 Å². The van der Waals surface area contributed by atoms with Crippen molar-refractivity contribution in [2.45, 2.75) is 51.2 Å². The fourth-order valence-electron chi connectivity index (χ4n) is 4.53. The summed E-state index contributed by atoms with van der Waals surface area (Å²) in [5.74, 6) is 1.74. The summed E-state index contributed by atoms with van der Waals surface area (Å²) in [5, 5.41) is 38.4. The predicted octanol–water partition coefficient (Wildman–Crippen LogP) is 1.12. The van der Waals surface area contributed by atoms with Gasteiger partial charge in [-0.05, 0) is 37.1 Å². The molecule has 0 saturated carbocycles. The van der Waals surface area contributed by atoms with Crippen LogP contribution in [-0.2, 0) is 10.3 Å². The third kappa shape index (κ3) is 5.47. The highest BCUT2D eigenvalue weighted by molar-refractivity contribution is 7.17. The van der Waals surface area contributed by atoms with Crippen molar-refractivity contribution in [2.24, 2.45) is 0 Å². The molecule has 37 heavy (non-hydrogen) atoms. The van der Waals surface area contributed by atoms with Gasteiger partial charge in [0.25, 0.3) is 0 Å². The number of piperidine rings is 2. The van der Waals surface area contributed by atoms with Gasteiger partial charge in [-0.15, -0.1) is 5.10 Å². The van der Waals surface area contributed by atoms with Crippen molar-refractivity contribution >= 4 is 40.0 Å². The molecule has 15 heteroatoms. The van der Waals surface area contributed by atoms with Crippen molar-refractivity contribution in [1.82, 2.24) is 35.6 Å². The molecule has 0 spiro atoms. The molecule has 0 aromatic carbocycles. The number of aryl methyl sites for hydroxylation is 1. The number of rotatable bonds is 7. The number of nitrogens with zero attached hydrogens (tertiary/aromatic N) is 8. The molecule has 2 aliphatic heterocycles. The number of tetrazole rings is 1. The van der Waals surface area contributed by atoms with Crippen molar-refractivity contribution in [2.75, 3.05) is 47.9 Å². The van der Waals surface area contributed by atoms with Crippen LogP contribution in [0.15, 0.2) is 6.07 Å². The fraction of sp³-hybridized carbons (Fsp3) is 0.591. The smallest absolute Gasteiger partial charge is 0.350 e. The summed E-state index contributed by atoms with van der Waals surface area (Å²) in [7, 11) is 0. The Bertz CT molecular complexity index is 1220. The average molecular weight is 531 g/mol. The maximum absolute atomic E-state index is 12.2. The molecule has 0 aliphatic carbocycles. The number of anilines is 4.